The molecule has 98 valence electrons. The number of hydrogen-bond donors (Lipinski definition) is 2. The van der Waals surface area contributed by atoms with Gasteiger partial charge in [-0.05, 0) is 25.7 Å². The first-order chi connectivity index (χ1) is 8.88. The van der Waals surface area contributed by atoms with E-state index in [1.165, 1.54) is 18.4 Å². The molecule has 0 bridgehead atoms. The van der Waals surface area contributed by atoms with Crippen LogP contribution in [0.15, 0.2) is 0 Å². The Morgan fingerprint density at radius 1 is 1.28 bits per heavy atom. The summed E-state index contributed by atoms with van der Waals surface area (Å²) in [6.07, 6.45) is 4.46. The third kappa shape index (κ3) is 2.32. The number of anilines is 1. The van der Waals surface area contributed by atoms with Gasteiger partial charge in [0.05, 0.1) is 6.61 Å². The maximum absolute atomic E-state index is 5.74. The summed E-state index contributed by atoms with van der Waals surface area (Å²) in [5.41, 5.74) is 5.06. The van der Waals surface area contributed by atoms with Gasteiger partial charge in [0.15, 0.2) is 5.82 Å². The monoisotopic (exact) mass is 266 g/mol. The van der Waals surface area contributed by atoms with Crippen LogP contribution in [-0.4, -0.2) is 28.1 Å². The normalized spacial score (nSPS) is 23.5. The van der Waals surface area contributed by atoms with Crippen molar-refractivity contribution in [3.8, 4) is 0 Å². The third-order valence-corrected chi connectivity index (χ3v) is 4.43. The van der Waals surface area contributed by atoms with Gasteiger partial charge < -0.3 is 10.2 Å². The van der Waals surface area contributed by atoms with Crippen LogP contribution in [0.3, 0.4) is 0 Å². The van der Waals surface area contributed by atoms with E-state index < -0.39 is 0 Å². The van der Waals surface area contributed by atoms with Gasteiger partial charge >= 0.3 is 0 Å². The quantitative estimate of drug-likeness (QED) is 0.623. The van der Waals surface area contributed by atoms with Crippen molar-refractivity contribution in [2.75, 3.05) is 23.5 Å². The molecule has 2 aliphatic rings. The number of nitrogen functional groups attached to an aromatic ring is 1. The molecule has 2 heterocycles. The second kappa shape index (κ2) is 5.42. The Balaban J connectivity index is 1.94. The molecule has 1 fully saturated rings. The van der Waals surface area contributed by atoms with Crippen molar-refractivity contribution < 1.29 is 4.74 Å². The maximum atomic E-state index is 5.74. The minimum Gasteiger partial charge on any atom is -0.368 e. The molecule has 1 atom stereocenters. The van der Waals surface area contributed by atoms with E-state index in [2.05, 4.69) is 10.4 Å². The molecule has 1 saturated heterocycles. The predicted octanol–water partition coefficient (Wildman–Crippen LogP) is 1.45. The lowest BCUT2D eigenvalue weighted by atomic mass is 9.96. The molecule has 0 amide bonds. The molecule has 0 spiro atoms. The van der Waals surface area contributed by atoms with Crippen molar-refractivity contribution in [2.24, 2.45) is 5.84 Å². The topological polar surface area (TPSA) is 73.1 Å². The van der Waals surface area contributed by atoms with Gasteiger partial charge in [-0.2, -0.15) is 11.8 Å². The van der Waals surface area contributed by atoms with E-state index in [0.29, 0.717) is 0 Å². The first-order valence-corrected chi connectivity index (χ1v) is 7.59. The van der Waals surface area contributed by atoms with Crippen molar-refractivity contribution >= 4 is 17.6 Å². The van der Waals surface area contributed by atoms with Crippen LogP contribution < -0.4 is 11.3 Å². The van der Waals surface area contributed by atoms with Crippen LogP contribution >= 0.6 is 11.8 Å². The SMILES string of the molecule is NNc1nc(C2CSCCO2)nc2c1CCCC2. The Morgan fingerprint density at radius 2 is 2.17 bits per heavy atom. The van der Waals surface area contributed by atoms with E-state index >= 15 is 0 Å². The molecule has 0 aromatic carbocycles. The van der Waals surface area contributed by atoms with E-state index in [-0.39, 0.29) is 6.10 Å². The lowest BCUT2D eigenvalue weighted by Crippen LogP contribution is -2.23. The summed E-state index contributed by atoms with van der Waals surface area (Å²) in [6.45, 7) is 0.779. The first-order valence-electron chi connectivity index (χ1n) is 6.44. The van der Waals surface area contributed by atoms with Crippen LogP contribution in [0, 0.1) is 0 Å². The van der Waals surface area contributed by atoms with Gasteiger partial charge in [0, 0.05) is 22.8 Å². The van der Waals surface area contributed by atoms with Gasteiger partial charge in [-0.25, -0.2) is 15.8 Å². The zero-order valence-electron chi connectivity index (χ0n) is 10.3. The number of rotatable bonds is 2. The van der Waals surface area contributed by atoms with Crippen LogP contribution in [0.25, 0.3) is 0 Å². The number of hydrogen-bond acceptors (Lipinski definition) is 6. The van der Waals surface area contributed by atoms with Crippen LogP contribution in [-0.2, 0) is 17.6 Å². The Kier molecular flexibility index (Phi) is 3.67. The molecule has 1 aliphatic heterocycles. The highest BCUT2D eigenvalue weighted by atomic mass is 32.2. The zero-order chi connectivity index (χ0) is 12.4. The number of nitrogens with zero attached hydrogens (tertiary/aromatic N) is 2. The van der Waals surface area contributed by atoms with Crippen LogP contribution in [0.4, 0.5) is 5.82 Å². The molecule has 0 saturated carbocycles. The van der Waals surface area contributed by atoms with E-state index in [4.69, 9.17) is 15.6 Å². The van der Waals surface area contributed by atoms with Crippen molar-refractivity contribution in [1.82, 2.24) is 9.97 Å². The number of ether oxygens (including phenoxy) is 1. The van der Waals surface area contributed by atoms with E-state index in [1.54, 1.807) is 0 Å². The minimum atomic E-state index is 0.0167. The van der Waals surface area contributed by atoms with Crippen LogP contribution in [0.5, 0.6) is 0 Å². The summed E-state index contributed by atoms with van der Waals surface area (Å²) in [6, 6.07) is 0. The smallest absolute Gasteiger partial charge is 0.160 e. The molecule has 0 radical (unpaired) electrons. The van der Waals surface area contributed by atoms with Gasteiger partial charge in [0.1, 0.15) is 11.9 Å². The Hall–Kier alpha value is -0.850. The van der Waals surface area contributed by atoms with E-state index in [9.17, 15) is 0 Å². The standard InChI is InChI=1S/C12H18N4OS/c13-16-11-8-3-1-2-4-9(8)14-12(15-11)10-7-18-6-5-17-10/h10H,1-7,13H2,(H,14,15,16). The Labute approximate surface area is 111 Å². The number of thioether (sulfide) groups is 1. The molecule has 3 rings (SSSR count). The van der Waals surface area contributed by atoms with Gasteiger partial charge in [-0.3, -0.25) is 0 Å². The number of aryl methyl sites for hydroxylation is 1. The molecular weight excluding hydrogens is 248 g/mol. The summed E-state index contributed by atoms with van der Waals surface area (Å²) in [5, 5.41) is 0. The molecular formula is C12H18N4OS. The van der Waals surface area contributed by atoms with Gasteiger partial charge in [0.25, 0.3) is 0 Å². The highest BCUT2D eigenvalue weighted by Gasteiger charge is 2.23. The second-order valence-corrected chi connectivity index (χ2v) is 5.79. The third-order valence-electron chi connectivity index (χ3n) is 3.44. The molecule has 6 heteroatoms. The van der Waals surface area contributed by atoms with Crippen molar-refractivity contribution in [2.45, 2.75) is 31.8 Å². The number of nitrogens with one attached hydrogen (secondary N) is 1. The lowest BCUT2D eigenvalue weighted by Gasteiger charge is -2.24. The molecule has 1 aromatic heterocycles. The fourth-order valence-electron chi connectivity index (χ4n) is 2.51. The number of nitrogens with two attached hydrogens (primary N) is 1. The highest BCUT2D eigenvalue weighted by molar-refractivity contribution is 7.99. The average Bonchev–Trinajstić information content (AvgIpc) is 2.47. The van der Waals surface area contributed by atoms with E-state index in [0.717, 1.165) is 48.3 Å². The van der Waals surface area contributed by atoms with Gasteiger partial charge in [0.2, 0.25) is 0 Å². The summed E-state index contributed by atoms with van der Waals surface area (Å²) in [5.74, 6) is 9.15. The number of aromatic nitrogens is 2. The molecule has 5 nitrogen and oxygen atoms in total. The lowest BCUT2D eigenvalue weighted by molar-refractivity contribution is 0.0693. The summed E-state index contributed by atoms with van der Waals surface area (Å²) in [4.78, 5) is 9.24. The summed E-state index contributed by atoms with van der Waals surface area (Å²) in [7, 11) is 0. The number of fused-ring (bicyclic) bond motifs is 1. The summed E-state index contributed by atoms with van der Waals surface area (Å²) >= 11 is 1.89. The zero-order valence-corrected chi connectivity index (χ0v) is 11.1. The van der Waals surface area contributed by atoms with Crippen molar-refractivity contribution in [3.63, 3.8) is 0 Å². The predicted molar refractivity (Wildman–Crippen MR) is 72.5 cm³/mol. The molecule has 1 aromatic rings. The first kappa shape index (κ1) is 12.2. The fraction of sp³-hybridized carbons (Fsp3) is 0.667. The number of hydrazine groups is 1. The largest absolute Gasteiger partial charge is 0.368 e. The highest BCUT2D eigenvalue weighted by Crippen LogP contribution is 2.29. The average molecular weight is 266 g/mol. The van der Waals surface area contributed by atoms with Gasteiger partial charge in [-0.1, -0.05) is 0 Å². The summed E-state index contributed by atoms with van der Waals surface area (Å²) < 4.78 is 5.74. The van der Waals surface area contributed by atoms with Crippen molar-refractivity contribution in [3.05, 3.63) is 17.1 Å². The second-order valence-electron chi connectivity index (χ2n) is 4.64. The molecule has 18 heavy (non-hydrogen) atoms. The van der Waals surface area contributed by atoms with Gasteiger partial charge in [-0.15, -0.1) is 0 Å². The Bertz CT molecular complexity index is 417. The maximum Gasteiger partial charge on any atom is 0.160 e. The van der Waals surface area contributed by atoms with Crippen LogP contribution in [0.1, 0.15) is 36.0 Å². The van der Waals surface area contributed by atoms with E-state index in [1.807, 2.05) is 11.8 Å². The molecule has 1 aliphatic carbocycles. The minimum absolute atomic E-state index is 0.0167. The van der Waals surface area contributed by atoms with Crippen molar-refractivity contribution in [1.29, 1.82) is 0 Å². The van der Waals surface area contributed by atoms with Crippen LogP contribution in [0.2, 0.25) is 0 Å². The molecule has 3 N–H and O–H groups in total. The Morgan fingerprint density at radius 3 is 2.94 bits per heavy atom. The fourth-order valence-corrected chi connectivity index (χ4v) is 3.35. The molecule has 1 unspecified atom stereocenters.